The highest BCUT2D eigenvalue weighted by Gasteiger charge is 2.18. The van der Waals surface area contributed by atoms with Gasteiger partial charge in [0, 0.05) is 24.4 Å². The van der Waals surface area contributed by atoms with Crippen LogP contribution in [0.25, 0.3) is 0 Å². The Morgan fingerprint density at radius 3 is 2.83 bits per heavy atom. The second-order valence-corrected chi connectivity index (χ2v) is 5.01. The van der Waals surface area contributed by atoms with Gasteiger partial charge in [0.2, 0.25) is 0 Å². The molecule has 122 valence electrons. The number of nitro groups is 1. The first kappa shape index (κ1) is 16.8. The molecule has 0 saturated carbocycles. The lowest BCUT2D eigenvalue weighted by molar-refractivity contribution is -0.385. The van der Waals surface area contributed by atoms with E-state index in [9.17, 15) is 14.9 Å². The number of aryl methyl sites for hydroxylation is 1. The molecule has 1 heterocycles. The smallest absolute Gasteiger partial charge is 0.311 e. The van der Waals surface area contributed by atoms with Gasteiger partial charge in [-0.1, -0.05) is 11.6 Å². The zero-order valence-corrected chi connectivity index (χ0v) is 13.3. The van der Waals surface area contributed by atoms with Crippen molar-refractivity contribution in [2.45, 2.75) is 20.0 Å². The maximum Gasteiger partial charge on any atom is 0.311 e. The van der Waals surface area contributed by atoms with Gasteiger partial charge >= 0.3 is 5.69 Å². The van der Waals surface area contributed by atoms with Gasteiger partial charge < -0.3 is 10.1 Å². The summed E-state index contributed by atoms with van der Waals surface area (Å²) >= 11 is 6.02. The van der Waals surface area contributed by atoms with Gasteiger partial charge in [0.05, 0.1) is 23.6 Å². The molecule has 9 heteroatoms. The number of rotatable bonds is 6. The monoisotopic (exact) mass is 338 g/mol. The lowest BCUT2D eigenvalue weighted by Gasteiger charge is -2.06. The predicted octanol–water partition coefficient (Wildman–Crippen LogP) is 2.40. The van der Waals surface area contributed by atoms with E-state index in [1.54, 1.807) is 10.9 Å². The highest BCUT2D eigenvalue weighted by molar-refractivity contribution is 6.31. The summed E-state index contributed by atoms with van der Waals surface area (Å²) in [4.78, 5) is 22.5. The van der Waals surface area contributed by atoms with Crippen LogP contribution in [0.2, 0.25) is 5.02 Å². The molecule has 1 amide bonds. The summed E-state index contributed by atoms with van der Waals surface area (Å²) in [5, 5.41) is 18.3. The van der Waals surface area contributed by atoms with Crippen LogP contribution < -0.4 is 10.1 Å². The van der Waals surface area contributed by atoms with E-state index in [-0.39, 0.29) is 23.5 Å². The number of nitrogens with zero attached hydrogens (tertiary/aromatic N) is 3. The summed E-state index contributed by atoms with van der Waals surface area (Å²) in [7, 11) is 1.33. The maximum atomic E-state index is 12.1. The number of hydrogen-bond acceptors (Lipinski definition) is 5. The van der Waals surface area contributed by atoms with E-state index in [0.717, 1.165) is 0 Å². The predicted molar refractivity (Wildman–Crippen MR) is 83.7 cm³/mol. The number of halogens is 1. The van der Waals surface area contributed by atoms with Crippen LogP contribution in [0.4, 0.5) is 5.69 Å². The van der Waals surface area contributed by atoms with Crippen LogP contribution in [0.3, 0.4) is 0 Å². The second-order valence-electron chi connectivity index (χ2n) is 4.61. The molecule has 1 N–H and O–H groups in total. The Hall–Kier alpha value is -2.61. The van der Waals surface area contributed by atoms with E-state index >= 15 is 0 Å². The van der Waals surface area contributed by atoms with Crippen molar-refractivity contribution in [3.05, 3.63) is 50.8 Å². The normalized spacial score (nSPS) is 10.4. The zero-order chi connectivity index (χ0) is 17.0. The van der Waals surface area contributed by atoms with Gasteiger partial charge in [-0.15, -0.1) is 0 Å². The van der Waals surface area contributed by atoms with Crippen molar-refractivity contribution in [2.24, 2.45) is 0 Å². The third-order valence-corrected chi connectivity index (χ3v) is 3.48. The molecule has 0 aliphatic rings. The quantitative estimate of drug-likeness (QED) is 0.644. The SMILES string of the molecule is CCn1cc(Cl)c(CNC(=O)c2ccc(OC)c([N+](=O)[O-])c2)n1. The van der Waals surface area contributed by atoms with Gasteiger partial charge in [-0.05, 0) is 19.1 Å². The van der Waals surface area contributed by atoms with Crippen molar-refractivity contribution in [3.63, 3.8) is 0 Å². The van der Waals surface area contributed by atoms with Gasteiger partial charge in [0.1, 0.15) is 5.69 Å². The Labute approximate surface area is 137 Å². The first-order valence-corrected chi connectivity index (χ1v) is 7.16. The highest BCUT2D eigenvalue weighted by Crippen LogP contribution is 2.27. The molecule has 0 spiro atoms. The molecular weight excluding hydrogens is 324 g/mol. The highest BCUT2D eigenvalue weighted by atomic mass is 35.5. The molecule has 8 nitrogen and oxygen atoms in total. The minimum Gasteiger partial charge on any atom is -0.490 e. The van der Waals surface area contributed by atoms with Gasteiger partial charge in [-0.25, -0.2) is 0 Å². The molecule has 0 unspecified atom stereocenters. The molecule has 0 bridgehead atoms. The topological polar surface area (TPSA) is 99.3 Å². The summed E-state index contributed by atoms with van der Waals surface area (Å²) in [6, 6.07) is 4.00. The molecule has 0 saturated heterocycles. The molecule has 1 aromatic heterocycles. The summed E-state index contributed by atoms with van der Waals surface area (Å²) in [6.45, 7) is 2.71. The first-order valence-electron chi connectivity index (χ1n) is 6.78. The molecule has 0 atom stereocenters. The number of nitro benzene ring substituents is 1. The van der Waals surface area contributed by atoms with Gasteiger partial charge in [0.25, 0.3) is 5.91 Å². The van der Waals surface area contributed by atoms with Crippen molar-refractivity contribution in [3.8, 4) is 5.75 Å². The Kier molecular flexibility index (Phi) is 5.17. The van der Waals surface area contributed by atoms with E-state index in [1.165, 1.54) is 25.3 Å². The molecule has 1 aromatic carbocycles. The molecule has 0 aliphatic carbocycles. The minimum atomic E-state index is -0.602. The first-order chi connectivity index (χ1) is 11.0. The number of benzene rings is 1. The standard InChI is InChI=1S/C14H15ClN4O4/c1-3-18-8-10(15)11(17-18)7-16-14(20)9-4-5-13(23-2)12(6-9)19(21)22/h4-6,8H,3,7H2,1-2H3,(H,16,20). The molecule has 0 radical (unpaired) electrons. The van der Waals surface area contributed by atoms with E-state index in [2.05, 4.69) is 10.4 Å². The van der Waals surface area contributed by atoms with Gasteiger partial charge in [-0.2, -0.15) is 5.10 Å². The number of carbonyl (C=O) groups is 1. The Morgan fingerprint density at radius 1 is 1.52 bits per heavy atom. The molecule has 0 aliphatic heterocycles. The molecule has 23 heavy (non-hydrogen) atoms. The Bertz CT molecular complexity index is 744. The molecule has 2 aromatic rings. The van der Waals surface area contributed by atoms with E-state index in [4.69, 9.17) is 16.3 Å². The summed E-state index contributed by atoms with van der Waals surface area (Å²) in [5.41, 5.74) is 0.418. The van der Waals surface area contributed by atoms with Crippen LogP contribution in [-0.2, 0) is 13.1 Å². The van der Waals surface area contributed by atoms with Crippen LogP contribution in [0.15, 0.2) is 24.4 Å². The lowest BCUT2D eigenvalue weighted by Crippen LogP contribution is -2.23. The number of methoxy groups -OCH3 is 1. The van der Waals surface area contributed by atoms with Crippen LogP contribution in [0.1, 0.15) is 23.0 Å². The van der Waals surface area contributed by atoms with E-state index < -0.39 is 10.8 Å². The molecule has 0 fully saturated rings. The van der Waals surface area contributed by atoms with Crippen LogP contribution in [0, 0.1) is 10.1 Å². The molecule has 2 rings (SSSR count). The van der Waals surface area contributed by atoms with Crippen molar-refractivity contribution in [2.75, 3.05) is 7.11 Å². The summed E-state index contributed by atoms with van der Waals surface area (Å²) < 4.78 is 6.55. The number of amides is 1. The Balaban J connectivity index is 2.13. The third-order valence-electron chi connectivity index (χ3n) is 3.17. The number of ether oxygens (including phenoxy) is 1. The average Bonchev–Trinajstić information content (AvgIpc) is 2.92. The Morgan fingerprint density at radius 2 is 2.26 bits per heavy atom. The van der Waals surface area contributed by atoms with E-state index in [1.807, 2.05) is 6.92 Å². The number of hydrogen-bond donors (Lipinski definition) is 1. The lowest BCUT2D eigenvalue weighted by atomic mass is 10.1. The fourth-order valence-corrected chi connectivity index (χ4v) is 2.18. The van der Waals surface area contributed by atoms with Crippen molar-refractivity contribution in [1.29, 1.82) is 0 Å². The van der Waals surface area contributed by atoms with E-state index in [0.29, 0.717) is 17.3 Å². The fraction of sp³-hybridized carbons (Fsp3) is 0.286. The van der Waals surface area contributed by atoms with Crippen molar-refractivity contribution < 1.29 is 14.5 Å². The number of carbonyl (C=O) groups excluding carboxylic acids is 1. The third kappa shape index (κ3) is 3.78. The van der Waals surface area contributed by atoms with Crippen molar-refractivity contribution >= 4 is 23.2 Å². The maximum absolute atomic E-state index is 12.1. The van der Waals surface area contributed by atoms with Crippen LogP contribution in [0.5, 0.6) is 5.75 Å². The van der Waals surface area contributed by atoms with Gasteiger partial charge in [0.15, 0.2) is 5.75 Å². The van der Waals surface area contributed by atoms with Crippen molar-refractivity contribution in [1.82, 2.24) is 15.1 Å². The average molecular weight is 339 g/mol. The zero-order valence-electron chi connectivity index (χ0n) is 12.6. The number of nitrogens with one attached hydrogen (secondary N) is 1. The number of aromatic nitrogens is 2. The van der Waals surface area contributed by atoms with Crippen LogP contribution in [-0.4, -0.2) is 27.7 Å². The largest absolute Gasteiger partial charge is 0.490 e. The summed E-state index contributed by atoms with van der Waals surface area (Å²) in [6.07, 6.45) is 1.67. The van der Waals surface area contributed by atoms with Crippen LogP contribution >= 0.6 is 11.6 Å². The molecular formula is C14H15ClN4O4. The second kappa shape index (κ2) is 7.10. The summed E-state index contributed by atoms with van der Waals surface area (Å²) in [5.74, 6) is -0.367. The van der Waals surface area contributed by atoms with Gasteiger partial charge in [-0.3, -0.25) is 19.6 Å². The fourth-order valence-electron chi connectivity index (χ4n) is 1.96. The minimum absolute atomic E-state index is 0.0938.